The van der Waals surface area contributed by atoms with Crippen LogP contribution in [0.5, 0.6) is 0 Å². The number of carbonyl (C=O) groups excluding carboxylic acids is 4. The summed E-state index contributed by atoms with van der Waals surface area (Å²) in [6.07, 6.45) is 4.41. The Bertz CT molecular complexity index is 1980. The van der Waals surface area contributed by atoms with Crippen LogP contribution in [-0.4, -0.2) is 40.5 Å². The first-order valence-electron chi connectivity index (χ1n) is 15.6. The van der Waals surface area contributed by atoms with Crippen LogP contribution < -0.4 is 4.90 Å². The van der Waals surface area contributed by atoms with Crippen molar-refractivity contribution in [2.24, 2.45) is 35.5 Å². The number of benzene rings is 3. The van der Waals surface area contributed by atoms with Crippen LogP contribution in [0.25, 0.3) is 22.2 Å². The number of hydrogen-bond donors (Lipinski definition) is 0. The zero-order valence-corrected chi connectivity index (χ0v) is 27.1. The summed E-state index contributed by atoms with van der Waals surface area (Å²) in [7, 11) is 0. The van der Waals surface area contributed by atoms with Gasteiger partial charge in [0.15, 0.2) is 6.10 Å². The number of ether oxygens (including phenoxy) is 1. The number of aromatic nitrogens is 1. The van der Waals surface area contributed by atoms with Crippen LogP contribution in [0.1, 0.15) is 33.6 Å². The summed E-state index contributed by atoms with van der Waals surface area (Å²) < 4.78 is 5.79. The molecule has 5 aliphatic rings. The first-order valence-corrected chi connectivity index (χ1v) is 16.9. The Kier molecular flexibility index (Phi) is 7.47. The Morgan fingerprint density at radius 3 is 2.19 bits per heavy atom. The quantitative estimate of drug-likeness (QED) is 0.0618. The lowest BCUT2D eigenvalue weighted by Crippen LogP contribution is -2.40. The molecule has 2 saturated carbocycles. The number of hydrogen-bond acceptors (Lipinski definition) is 6. The molecule has 10 heteroatoms. The van der Waals surface area contributed by atoms with Crippen LogP contribution in [0.4, 0.5) is 5.69 Å². The number of amides is 2. The SMILES string of the molecule is O=C(OC(CCCl)C(=O)c1ccc(Cl)cc1)c1cc(-c2ccc(N3C(=O)C4C5C=CC(C6CC56)C4C3=O)cc2)nc2c(Cl)cccc12. The van der Waals surface area contributed by atoms with E-state index in [2.05, 4.69) is 12.2 Å². The van der Waals surface area contributed by atoms with Crippen molar-refractivity contribution in [3.63, 3.8) is 0 Å². The highest BCUT2D eigenvalue weighted by atomic mass is 35.5. The van der Waals surface area contributed by atoms with Gasteiger partial charge in [-0.15, -0.1) is 11.6 Å². The maximum atomic E-state index is 13.7. The molecule has 236 valence electrons. The minimum atomic E-state index is -1.12. The fourth-order valence-corrected chi connectivity index (χ4v) is 8.40. The van der Waals surface area contributed by atoms with E-state index < -0.39 is 17.9 Å². The molecule has 7 unspecified atom stereocenters. The monoisotopic (exact) mass is 684 g/mol. The number of fused-ring (bicyclic) bond motifs is 1. The molecular weight excluding hydrogens is 659 g/mol. The van der Waals surface area contributed by atoms with Crippen molar-refractivity contribution < 1.29 is 23.9 Å². The lowest BCUT2D eigenvalue weighted by Gasteiger charge is -2.37. The van der Waals surface area contributed by atoms with Gasteiger partial charge >= 0.3 is 5.97 Å². The van der Waals surface area contributed by atoms with Gasteiger partial charge in [0.2, 0.25) is 17.6 Å². The van der Waals surface area contributed by atoms with E-state index in [-0.39, 0.29) is 53.4 Å². The fourth-order valence-electron chi connectivity index (χ4n) is 7.86. The number of ketones is 1. The Hall–Kier alpha value is -4.04. The molecular formula is C37H27Cl3N2O5. The van der Waals surface area contributed by atoms with Crippen LogP contribution in [0.2, 0.25) is 10.0 Å². The zero-order chi connectivity index (χ0) is 32.6. The van der Waals surface area contributed by atoms with E-state index in [1.54, 1.807) is 72.8 Å². The van der Waals surface area contributed by atoms with E-state index >= 15 is 0 Å². The van der Waals surface area contributed by atoms with Crippen molar-refractivity contribution in [1.82, 2.24) is 4.98 Å². The summed E-state index contributed by atoms with van der Waals surface area (Å²) in [4.78, 5) is 60.3. The van der Waals surface area contributed by atoms with Crippen LogP contribution >= 0.6 is 34.8 Å². The Balaban J connectivity index is 1.10. The number of anilines is 1. The number of rotatable bonds is 8. The number of imide groups is 1. The average Bonchev–Trinajstić information content (AvgIpc) is 3.86. The van der Waals surface area contributed by atoms with Gasteiger partial charge in [-0.05, 0) is 78.6 Å². The van der Waals surface area contributed by atoms with E-state index in [0.29, 0.717) is 55.3 Å². The third kappa shape index (κ3) is 4.98. The average molecular weight is 686 g/mol. The van der Waals surface area contributed by atoms with Crippen LogP contribution in [0.15, 0.2) is 84.9 Å². The van der Waals surface area contributed by atoms with Crippen molar-refractivity contribution in [3.05, 3.63) is 106 Å². The number of allylic oxidation sites excluding steroid dienone is 2. The first-order chi connectivity index (χ1) is 22.7. The van der Waals surface area contributed by atoms with Crippen LogP contribution in [-0.2, 0) is 14.3 Å². The minimum absolute atomic E-state index is 0.0975. The molecule has 7 atom stereocenters. The number of carbonyl (C=O) groups is 4. The van der Waals surface area contributed by atoms with Crippen molar-refractivity contribution in [1.29, 1.82) is 0 Å². The molecule has 2 heterocycles. The van der Waals surface area contributed by atoms with Gasteiger partial charge in [-0.1, -0.05) is 59.6 Å². The number of halogens is 3. The van der Waals surface area contributed by atoms with E-state index in [1.807, 2.05) is 0 Å². The topological polar surface area (TPSA) is 93.6 Å². The number of Topliss-reactive ketones (excluding diaryl/α,β-unsaturated/α-hetero) is 1. The third-order valence-corrected chi connectivity index (χ3v) is 10.9. The summed E-state index contributed by atoms with van der Waals surface area (Å²) in [6.45, 7) is 0. The van der Waals surface area contributed by atoms with Gasteiger partial charge in [0.1, 0.15) is 0 Å². The van der Waals surface area contributed by atoms with E-state index in [4.69, 9.17) is 44.5 Å². The van der Waals surface area contributed by atoms with Gasteiger partial charge in [-0.25, -0.2) is 9.78 Å². The number of alkyl halides is 1. The second-order valence-electron chi connectivity index (χ2n) is 12.6. The minimum Gasteiger partial charge on any atom is -0.450 e. The molecule has 1 aromatic heterocycles. The summed E-state index contributed by atoms with van der Waals surface area (Å²) in [5.41, 5.74) is 2.48. The fraction of sp³-hybridized carbons (Fsp3) is 0.270. The largest absolute Gasteiger partial charge is 0.450 e. The molecule has 0 spiro atoms. The molecule has 1 saturated heterocycles. The lowest BCUT2D eigenvalue weighted by atomic mass is 9.63. The zero-order valence-electron chi connectivity index (χ0n) is 24.8. The maximum Gasteiger partial charge on any atom is 0.339 e. The highest BCUT2D eigenvalue weighted by Crippen LogP contribution is 2.65. The molecule has 47 heavy (non-hydrogen) atoms. The lowest BCUT2D eigenvalue weighted by molar-refractivity contribution is -0.124. The third-order valence-electron chi connectivity index (χ3n) is 10.1. The molecule has 2 bridgehead atoms. The Morgan fingerprint density at radius 2 is 1.55 bits per heavy atom. The Morgan fingerprint density at radius 1 is 0.894 bits per heavy atom. The summed E-state index contributed by atoms with van der Waals surface area (Å²) in [5.74, 6) is -0.508. The number of nitrogens with zero attached hydrogens (tertiary/aromatic N) is 2. The molecule has 3 fully saturated rings. The highest BCUT2D eigenvalue weighted by molar-refractivity contribution is 6.35. The van der Waals surface area contributed by atoms with Crippen LogP contribution in [0.3, 0.4) is 0 Å². The van der Waals surface area contributed by atoms with Gasteiger partial charge in [-0.3, -0.25) is 19.3 Å². The smallest absolute Gasteiger partial charge is 0.339 e. The molecule has 1 aliphatic heterocycles. The summed E-state index contributed by atoms with van der Waals surface area (Å²) in [5, 5.41) is 1.27. The van der Waals surface area contributed by atoms with E-state index in [0.717, 1.165) is 6.42 Å². The highest BCUT2D eigenvalue weighted by Gasteiger charge is 2.67. The number of para-hydroxylation sites is 1. The first kappa shape index (κ1) is 30.3. The van der Waals surface area contributed by atoms with Gasteiger partial charge in [-0.2, -0.15) is 0 Å². The molecule has 3 aromatic carbocycles. The van der Waals surface area contributed by atoms with Gasteiger partial charge < -0.3 is 4.74 Å². The molecule has 2 amide bonds. The van der Waals surface area contributed by atoms with Crippen molar-refractivity contribution in [2.45, 2.75) is 18.9 Å². The standard InChI is InChI=1S/C37H27Cl3N2O5/c38-15-14-30(34(43)19-4-8-20(39)9-5-19)47-37(46)27-17-29(41-33-24(27)2-1-3-28(33)40)18-6-10-21(11-7-18)42-35(44)31-22-12-13-23(26-16-25(22)26)32(31)36(42)45/h1-13,17,22-23,25-26,30-32H,14-16H2. The van der Waals surface area contributed by atoms with E-state index in [1.165, 1.54) is 4.90 Å². The second-order valence-corrected chi connectivity index (χ2v) is 13.9. The number of pyridine rings is 1. The molecule has 4 aromatic rings. The summed E-state index contributed by atoms with van der Waals surface area (Å²) >= 11 is 18.5. The predicted molar refractivity (Wildman–Crippen MR) is 180 cm³/mol. The normalized spacial score (nSPS) is 25.9. The van der Waals surface area contributed by atoms with Gasteiger partial charge in [0, 0.05) is 33.8 Å². The van der Waals surface area contributed by atoms with Gasteiger partial charge in [0.25, 0.3) is 0 Å². The summed E-state index contributed by atoms with van der Waals surface area (Å²) in [6, 6.07) is 20.0. The molecule has 9 rings (SSSR count). The Labute approximate surface area is 285 Å². The second kappa shape index (κ2) is 11.6. The van der Waals surface area contributed by atoms with E-state index in [9.17, 15) is 19.2 Å². The number of esters is 1. The molecule has 0 radical (unpaired) electrons. The van der Waals surface area contributed by atoms with Crippen molar-refractivity contribution >= 4 is 75.0 Å². The molecule has 0 N–H and O–H groups in total. The van der Waals surface area contributed by atoms with Crippen LogP contribution in [0, 0.1) is 35.5 Å². The molecule has 4 aliphatic carbocycles. The van der Waals surface area contributed by atoms with Crippen molar-refractivity contribution in [2.75, 3.05) is 10.8 Å². The predicted octanol–water partition coefficient (Wildman–Crippen LogP) is 7.80. The molecule has 7 nitrogen and oxygen atoms in total. The van der Waals surface area contributed by atoms with Gasteiger partial charge in [0.05, 0.1) is 39.3 Å². The van der Waals surface area contributed by atoms with Crippen molar-refractivity contribution in [3.8, 4) is 11.3 Å². The maximum absolute atomic E-state index is 13.7.